The van der Waals surface area contributed by atoms with E-state index in [4.69, 9.17) is 9.47 Å². The second kappa shape index (κ2) is 10.3. The van der Waals surface area contributed by atoms with Gasteiger partial charge in [-0.25, -0.2) is 4.79 Å². The number of carbonyl (C=O) groups excluding carboxylic acids is 1. The lowest BCUT2D eigenvalue weighted by atomic mass is 9.71. The number of rotatable bonds is 10. The van der Waals surface area contributed by atoms with Gasteiger partial charge in [-0.2, -0.15) is 0 Å². The van der Waals surface area contributed by atoms with Crippen LogP contribution in [0.15, 0.2) is 41.5 Å². The maximum absolute atomic E-state index is 11.2. The van der Waals surface area contributed by atoms with E-state index in [0.717, 1.165) is 17.7 Å². The molecule has 1 aliphatic heterocycles. The number of aliphatic hydroxyl groups excluding tert-OH is 1. The Hall–Kier alpha value is -2.07. The van der Waals surface area contributed by atoms with E-state index in [1.807, 2.05) is 24.3 Å². The fraction of sp³-hybridized carbons (Fsp3) is 0.577. The van der Waals surface area contributed by atoms with Crippen LogP contribution < -0.4 is 4.74 Å². The molecule has 0 bridgehead atoms. The zero-order valence-electron chi connectivity index (χ0n) is 18.7. The topological polar surface area (TPSA) is 55.8 Å². The third-order valence-electron chi connectivity index (χ3n) is 6.48. The first-order valence-corrected chi connectivity index (χ1v) is 11.4. The van der Waals surface area contributed by atoms with E-state index in [1.165, 1.54) is 57.4 Å². The van der Waals surface area contributed by atoms with Gasteiger partial charge in [0.1, 0.15) is 5.75 Å². The summed E-state index contributed by atoms with van der Waals surface area (Å²) < 4.78 is 10.5. The average Bonchev–Trinajstić information content (AvgIpc) is 3.04. The molecule has 4 nitrogen and oxygen atoms in total. The Morgan fingerprint density at radius 3 is 2.47 bits per heavy atom. The molecule has 0 spiro atoms. The van der Waals surface area contributed by atoms with Crippen LogP contribution in [-0.4, -0.2) is 24.0 Å². The Bertz CT molecular complexity index is 786. The van der Waals surface area contributed by atoms with Gasteiger partial charge in [-0.3, -0.25) is 0 Å². The fourth-order valence-corrected chi connectivity index (χ4v) is 4.73. The quantitative estimate of drug-likeness (QED) is 0.283. The van der Waals surface area contributed by atoms with Gasteiger partial charge in [0.05, 0.1) is 6.61 Å². The lowest BCUT2D eigenvalue weighted by Crippen LogP contribution is -2.20. The van der Waals surface area contributed by atoms with Crippen molar-refractivity contribution in [2.24, 2.45) is 5.41 Å². The highest BCUT2D eigenvalue weighted by Gasteiger charge is 2.27. The number of esters is 1. The van der Waals surface area contributed by atoms with Crippen molar-refractivity contribution in [3.8, 4) is 5.75 Å². The number of ether oxygens (including phenoxy) is 2. The van der Waals surface area contributed by atoms with Crippen molar-refractivity contribution in [3.05, 3.63) is 47.1 Å². The van der Waals surface area contributed by atoms with Gasteiger partial charge in [0.25, 0.3) is 0 Å². The molecule has 1 aromatic carbocycles. The molecular weight excluding hydrogens is 376 g/mol. The van der Waals surface area contributed by atoms with Crippen LogP contribution in [0, 0.1) is 5.41 Å². The maximum Gasteiger partial charge on any atom is 0.333 e. The molecule has 2 aliphatic rings. The normalized spacial score (nSPS) is 20.9. The summed E-state index contributed by atoms with van der Waals surface area (Å²) >= 11 is 0. The first-order valence-electron chi connectivity index (χ1n) is 11.4. The highest BCUT2D eigenvalue weighted by Crippen LogP contribution is 2.42. The van der Waals surface area contributed by atoms with Crippen molar-refractivity contribution in [2.45, 2.75) is 84.8 Å². The van der Waals surface area contributed by atoms with E-state index < -0.39 is 12.3 Å². The van der Waals surface area contributed by atoms with Gasteiger partial charge in [0.15, 0.2) is 0 Å². The molecule has 1 unspecified atom stereocenters. The lowest BCUT2D eigenvalue weighted by Gasteiger charge is -2.34. The Morgan fingerprint density at radius 2 is 1.80 bits per heavy atom. The average molecular weight is 413 g/mol. The standard InChI is InChI=1S/C26H36O4/c1-19-10-9-16-26(2,3)23(19)11-7-5-4-6-8-17-29-21-14-12-20(13-15-21)22-18-24(27)30-25(22)28/h12-15,18,25,28H,4-11,16-17H2,1-3H3. The summed E-state index contributed by atoms with van der Waals surface area (Å²) in [5, 5.41) is 9.71. The fourth-order valence-electron chi connectivity index (χ4n) is 4.73. The highest BCUT2D eigenvalue weighted by molar-refractivity contribution is 5.96. The van der Waals surface area contributed by atoms with Crippen LogP contribution in [0.2, 0.25) is 0 Å². The van der Waals surface area contributed by atoms with Crippen molar-refractivity contribution < 1.29 is 19.4 Å². The Labute approximate surface area is 181 Å². The minimum Gasteiger partial charge on any atom is -0.494 e. The van der Waals surface area contributed by atoms with Crippen molar-refractivity contribution in [1.82, 2.24) is 0 Å². The lowest BCUT2D eigenvalue weighted by molar-refractivity contribution is -0.149. The number of aliphatic hydroxyl groups is 1. The number of hydrogen-bond donors (Lipinski definition) is 1. The van der Waals surface area contributed by atoms with Crippen LogP contribution in [0.25, 0.3) is 5.57 Å². The highest BCUT2D eigenvalue weighted by atomic mass is 16.6. The molecule has 164 valence electrons. The van der Waals surface area contributed by atoms with E-state index in [9.17, 15) is 9.90 Å². The minimum atomic E-state index is -1.17. The van der Waals surface area contributed by atoms with Crippen LogP contribution in [-0.2, 0) is 9.53 Å². The zero-order chi connectivity index (χ0) is 21.6. The summed E-state index contributed by atoms with van der Waals surface area (Å²) in [6.07, 6.45) is 11.5. The monoisotopic (exact) mass is 412 g/mol. The van der Waals surface area contributed by atoms with Gasteiger partial charge in [0.2, 0.25) is 6.29 Å². The summed E-state index contributed by atoms with van der Waals surface area (Å²) in [7, 11) is 0. The van der Waals surface area contributed by atoms with E-state index in [-0.39, 0.29) is 0 Å². The predicted molar refractivity (Wildman–Crippen MR) is 120 cm³/mol. The number of unbranched alkanes of at least 4 members (excludes halogenated alkanes) is 4. The first kappa shape index (κ1) is 22.6. The SMILES string of the molecule is CC1=C(CCCCCCCOc2ccc(C3=CC(=O)OC3O)cc2)C(C)(C)CCC1. The second-order valence-electron chi connectivity index (χ2n) is 9.28. The molecular formula is C26H36O4. The molecule has 1 atom stereocenters. The Balaban J connectivity index is 1.30. The molecule has 1 aromatic rings. The van der Waals surface area contributed by atoms with Crippen molar-refractivity contribution >= 4 is 11.5 Å². The molecule has 1 heterocycles. The van der Waals surface area contributed by atoms with Gasteiger partial charge in [-0.1, -0.05) is 56.4 Å². The van der Waals surface area contributed by atoms with Crippen LogP contribution in [0.1, 0.15) is 84.1 Å². The molecule has 4 heteroatoms. The molecule has 0 radical (unpaired) electrons. The minimum absolute atomic E-state index is 0.403. The maximum atomic E-state index is 11.2. The molecule has 0 fully saturated rings. The smallest absolute Gasteiger partial charge is 0.333 e. The molecule has 0 saturated carbocycles. The van der Waals surface area contributed by atoms with Crippen LogP contribution in [0.5, 0.6) is 5.75 Å². The third kappa shape index (κ3) is 5.98. The zero-order valence-corrected chi connectivity index (χ0v) is 18.7. The summed E-state index contributed by atoms with van der Waals surface area (Å²) in [6.45, 7) is 7.87. The Kier molecular flexibility index (Phi) is 7.76. The van der Waals surface area contributed by atoms with Gasteiger partial charge in [-0.15, -0.1) is 0 Å². The summed E-state index contributed by atoms with van der Waals surface area (Å²) in [5.74, 6) is 0.299. The van der Waals surface area contributed by atoms with E-state index in [2.05, 4.69) is 20.8 Å². The van der Waals surface area contributed by atoms with Crippen LogP contribution >= 0.6 is 0 Å². The van der Waals surface area contributed by atoms with Gasteiger partial charge in [0, 0.05) is 11.6 Å². The Morgan fingerprint density at radius 1 is 1.10 bits per heavy atom. The number of allylic oxidation sites excluding steroid dienone is 2. The molecule has 0 aromatic heterocycles. The first-order chi connectivity index (χ1) is 14.4. The van der Waals surface area contributed by atoms with E-state index >= 15 is 0 Å². The van der Waals surface area contributed by atoms with Gasteiger partial charge < -0.3 is 14.6 Å². The second-order valence-corrected chi connectivity index (χ2v) is 9.28. The van der Waals surface area contributed by atoms with Crippen LogP contribution in [0.3, 0.4) is 0 Å². The van der Waals surface area contributed by atoms with E-state index in [0.29, 0.717) is 17.6 Å². The largest absolute Gasteiger partial charge is 0.494 e. The van der Waals surface area contributed by atoms with Crippen LogP contribution in [0.4, 0.5) is 0 Å². The summed E-state index contributed by atoms with van der Waals surface area (Å²) in [6, 6.07) is 7.42. The molecule has 3 rings (SSSR count). The predicted octanol–water partition coefficient (Wildman–Crippen LogP) is 6.19. The summed E-state index contributed by atoms with van der Waals surface area (Å²) in [4.78, 5) is 11.2. The van der Waals surface area contributed by atoms with Crippen molar-refractivity contribution in [3.63, 3.8) is 0 Å². The van der Waals surface area contributed by atoms with E-state index in [1.54, 1.807) is 11.1 Å². The van der Waals surface area contributed by atoms with Crippen molar-refractivity contribution in [2.75, 3.05) is 6.61 Å². The number of benzene rings is 1. The molecule has 0 amide bonds. The van der Waals surface area contributed by atoms with Gasteiger partial charge in [-0.05, 0) is 68.6 Å². The number of hydrogen-bond acceptors (Lipinski definition) is 4. The number of cyclic esters (lactones) is 1. The molecule has 1 aliphatic carbocycles. The molecule has 0 saturated heterocycles. The van der Waals surface area contributed by atoms with Gasteiger partial charge >= 0.3 is 5.97 Å². The summed E-state index contributed by atoms with van der Waals surface area (Å²) in [5.41, 5.74) is 5.03. The third-order valence-corrected chi connectivity index (χ3v) is 6.48. The molecule has 1 N–H and O–H groups in total. The van der Waals surface area contributed by atoms with Crippen molar-refractivity contribution in [1.29, 1.82) is 0 Å². The molecule has 30 heavy (non-hydrogen) atoms. The number of carbonyl (C=O) groups is 1.